The number of aromatic nitrogens is 3. The predicted octanol–water partition coefficient (Wildman–Crippen LogP) is 4.33. The Morgan fingerprint density at radius 2 is 1.70 bits per heavy atom. The molecule has 0 radical (unpaired) electrons. The van der Waals surface area contributed by atoms with E-state index < -0.39 is 5.82 Å². The van der Waals surface area contributed by atoms with E-state index >= 15 is 0 Å². The second-order valence-electron chi connectivity index (χ2n) is 8.01. The molecule has 1 aromatic heterocycles. The van der Waals surface area contributed by atoms with Gasteiger partial charge in [0.25, 0.3) is 5.91 Å². The molecule has 1 heterocycles. The van der Waals surface area contributed by atoms with Gasteiger partial charge in [-0.15, -0.1) is 10.2 Å². The maximum Gasteiger partial charge on any atom is 0.251 e. The summed E-state index contributed by atoms with van der Waals surface area (Å²) in [4.78, 5) is 25.1. The highest BCUT2D eigenvalue weighted by Crippen LogP contribution is 2.20. The molecule has 0 saturated heterocycles. The fraction of sp³-hybridized carbons (Fsp3) is 0.185. The molecule has 0 spiro atoms. The van der Waals surface area contributed by atoms with E-state index in [2.05, 4.69) is 20.8 Å². The number of nitrogens with one attached hydrogen (secondary N) is 2. The first-order valence-corrected chi connectivity index (χ1v) is 12.6. The SMILES string of the molecule is COc1ccc(C(=O)NCc2nnc(SCC(=O)Nc3ccccc3F)n2CCc2ccccc2)cc1. The maximum atomic E-state index is 13.9. The van der Waals surface area contributed by atoms with E-state index in [-0.39, 0.29) is 29.8 Å². The van der Waals surface area contributed by atoms with Gasteiger partial charge < -0.3 is 19.9 Å². The molecule has 0 fully saturated rings. The van der Waals surface area contributed by atoms with Gasteiger partial charge in [-0.2, -0.15) is 0 Å². The molecule has 4 aromatic rings. The van der Waals surface area contributed by atoms with Crippen molar-refractivity contribution in [1.29, 1.82) is 0 Å². The Labute approximate surface area is 218 Å². The second-order valence-corrected chi connectivity index (χ2v) is 8.96. The lowest BCUT2D eigenvalue weighted by atomic mass is 10.1. The topological polar surface area (TPSA) is 98.1 Å². The quantitative estimate of drug-likeness (QED) is 0.286. The number of para-hydroxylation sites is 1. The van der Waals surface area contributed by atoms with E-state index in [1.165, 1.54) is 23.9 Å². The molecule has 0 aliphatic heterocycles. The fourth-order valence-electron chi connectivity index (χ4n) is 3.55. The summed E-state index contributed by atoms with van der Waals surface area (Å²) in [7, 11) is 1.57. The van der Waals surface area contributed by atoms with Gasteiger partial charge in [0.2, 0.25) is 5.91 Å². The van der Waals surface area contributed by atoms with Crippen molar-refractivity contribution in [2.45, 2.75) is 24.7 Å². The van der Waals surface area contributed by atoms with Crippen LogP contribution in [-0.4, -0.2) is 39.4 Å². The van der Waals surface area contributed by atoms with E-state index in [1.807, 2.05) is 34.9 Å². The smallest absolute Gasteiger partial charge is 0.251 e. The first-order chi connectivity index (χ1) is 18.0. The van der Waals surface area contributed by atoms with Gasteiger partial charge in [-0.3, -0.25) is 9.59 Å². The van der Waals surface area contributed by atoms with Crippen LogP contribution in [0.3, 0.4) is 0 Å². The number of halogens is 1. The molecule has 2 N–H and O–H groups in total. The minimum Gasteiger partial charge on any atom is -0.497 e. The highest BCUT2D eigenvalue weighted by molar-refractivity contribution is 7.99. The highest BCUT2D eigenvalue weighted by Gasteiger charge is 2.16. The van der Waals surface area contributed by atoms with Crippen LogP contribution >= 0.6 is 11.8 Å². The van der Waals surface area contributed by atoms with Crippen molar-refractivity contribution in [3.8, 4) is 5.75 Å². The Bertz CT molecular complexity index is 1350. The molecule has 190 valence electrons. The molecular weight excluding hydrogens is 493 g/mol. The predicted molar refractivity (Wildman–Crippen MR) is 140 cm³/mol. The number of benzene rings is 3. The summed E-state index contributed by atoms with van der Waals surface area (Å²) in [5, 5.41) is 14.5. The van der Waals surface area contributed by atoms with Crippen molar-refractivity contribution in [3.05, 3.63) is 102 Å². The minimum absolute atomic E-state index is 0.0238. The Kier molecular flexibility index (Phi) is 8.88. The second kappa shape index (κ2) is 12.7. The number of rotatable bonds is 11. The van der Waals surface area contributed by atoms with Gasteiger partial charge in [0, 0.05) is 12.1 Å². The van der Waals surface area contributed by atoms with E-state index in [1.54, 1.807) is 43.5 Å². The zero-order valence-electron chi connectivity index (χ0n) is 20.2. The van der Waals surface area contributed by atoms with Crippen LogP contribution in [-0.2, 0) is 24.3 Å². The van der Waals surface area contributed by atoms with Crippen molar-refractivity contribution in [3.63, 3.8) is 0 Å². The summed E-state index contributed by atoms with van der Waals surface area (Å²) in [6.07, 6.45) is 0.716. The van der Waals surface area contributed by atoms with E-state index in [9.17, 15) is 14.0 Å². The van der Waals surface area contributed by atoms with Gasteiger partial charge in [-0.25, -0.2) is 4.39 Å². The van der Waals surface area contributed by atoms with E-state index in [4.69, 9.17) is 4.74 Å². The molecule has 4 rings (SSSR count). The molecule has 0 saturated carbocycles. The lowest BCUT2D eigenvalue weighted by Crippen LogP contribution is -2.25. The molecule has 3 aromatic carbocycles. The number of thioether (sulfide) groups is 1. The summed E-state index contributed by atoms with van der Waals surface area (Å²) in [6.45, 7) is 0.719. The van der Waals surface area contributed by atoms with Crippen LogP contribution in [0, 0.1) is 5.82 Å². The van der Waals surface area contributed by atoms with E-state index in [0.29, 0.717) is 35.3 Å². The number of hydrogen-bond acceptors (Lipinski definition) is 6. The van der Waals surface area contributed by atoms with Crippen molar-refractivity contribution in [1.82, 2.24) is 20.1 Å². The minimum atomic E-state index is -0.498. The van der Waals surface area contributed by atoms with Crippen LogP contribution in [0.5, 0.6) is 5.75 Å². The fourth-order valence-corrected chi connectivity index (χ4v) is 4.33. The largest absolute Gasteiger partial charge is 0.497 e. The molecule has 0 aliphatic rings. The third-order valence-electron chi connectivity index (χ3n) is 5.50. The first kappa shape index (κ1) is 25.9. The molecule has 0 atom stereocenters. The number of amides is 2. The van der Waals surface area contributed by atoms with Crippen molar-refractivity contribution in [2.75, 3.05) is 18.2 Å². The number of ether oxygens (including phenoxy) is 1. The number of carbonyl (C=O) groups excluding carboxylic acids is 2. The highest BCUT2D eigenvalue weighted by atomic mass is 32.2. The molecule has 0 aliphatic carbocycles. The Hall–Kier alpha value is -4.18. The third-order valence-corrected chi connectivity index (χ3v) is 6.47. The standard InChI is InChI=1S/C27H26FN5O3S/c1-36-21-13-11-20(12-14-21)26(35)29-17-24-31-32-27(33(24)16-15-19-7-3-2-4-8-19)37-18-25(34)30-23-10-6-5-9-22(23)28/h2-14H,15-18H2,1H3,(H,29,35)(H,30,34). The number of hydrogen-bond donors (Lipinski definition) is 2. The monoisotopic (exact) mass is 519 g/mol. The molecular formula is C27H26FN5O3S. The number of methoxy groups -OCH3 is 1. The molecule has 2 amide bonds. The average molecular weight is 520 g/mol. The third kappa shape index (κ3) is 7.17. The first-order valence-electron chi connectivity index (χ1n) is 11.6. The van der Waals surface area contributed by atoms with E-state index in [0.717, 1.165) is 5.56 Å². The van der Waals surface area contributed by atoms with Crippen LogP contribution in [0.1, 0.15) is 21.7 Å². The van der Waals surface area contributed by atoms with Crippen molar-refractivity contribution >= 4 is 29.3 Å². The summed E-state index contributed by atoms with van der Waals surface area (Å²) in [6, 6.07) is 22.8. The summed E-state index contributed by atoms with van der Waals surface area (Å²) >= 11 is 1.20. The number of carbonyl (C=O) groups is 2. The lowest BCUT2D eigenvalue weighted by Gasteiger charge is -2.11. The zero-order chi connectivity index (χ0) is 26.0. The molecule has 0 bridgehead atoms. The molecule has 8 nitrogen and oxygen atoms in total. The summed E-state index contributed by atoms with van der Waals surface area (Å²) < 4.78 is 20.9. The number of aryl methyl sites for hydroxylation is 1. The average Bonchev–Trinajstić information content (AvgIpc) is 3.32. The Morgan fingerprint density at radius 1 is 0.973 bits per heavy atom. The molecule has 37 heavy (non-hydrogen) atoms. The van der Waals surface area contributed by atoms with Crippen LogP contribution < -0.4 is 15.4 Å². The summed E-state index contributed by atoms with van der Waals surface area (Å²) in [5.74, 6) is 0.144. The van der Waals surface area contributed by atoms with Gasteiger partial charge in [0.15, 0.2) is 11.0 Å². The van der Waals surface area contributed by atoms with Crippen molar-refractivity contribution in [2.24, 2.45) is 0 Å². The molecule has 10 heteroatoms. The van der Waals surface area contributed by atoms with Crippen LogP contribution in [0.15, 0.2) is 84.0 Å². The van der Waals surface area contributed by atoms with Gasteiger partial charge in [0.05, 0.1) is 25.1 Å². The van der Waals surface area contributed by atoms with Gasteiger partial charge >= 0.3 is 0 Å². The lowest BCUT2D eigenvalue weighted by molar-refractivity contribution is -0.113. The van der Waals surface area contributed by atoms with Gasteiger partial charge in [0.1, 0.15) is 11.6 Å². The number of anilines is 1. The molecule has 0 unspecified atom stereocenters. The maximum absolute atomic E-state index is 13.9. The van der Waals surface area contributed by atoms with Gasteiger partial charge in [-0.1, -0.05) is 54.2 Å². The van der Waals surface area contributed by atoms with Crippen LogP contribution in [0.25, 0.3) is 0 Å². The van der Waals surface area contributed by atoms with Gasteiger partial charge in [-0.05, 0) is 48.4 Å². The normalized spacial score (nSPS) is 10.6. The Morgan fingerprint density at radius 3 is 2.43 bits per heavy atom. The van der Waals surface area contributed by atoms with Crippen LogP contribution in [0.2, 0.25) is 0 Å². The Balaban J connectivity index is 1.43. The van der Waals surface area contributed by atoms with Crippen LogP contribution in [0.4, 0.5) is 10.1 Å². The van der Waals surface area contributed by atoms with Crippen molar-refractivity contribution < 1.29 is 18.7 Å². The number of nitrogens with zero attached hydrogens (tertiary/aromatic N) is 3. The zero-order valence-corrected chi connectivity index (χ0v) is 21.0. The summed E-state index contributed by atoms with van der Waals surface area (Å²) in [5.41, 5.74) is 1.76.